The minimum Gasteiger partial charge on any atom is -0.375 e. The van der Waals surface area contributed by atoms with Gasteiger partial charge in [0.1, 0.15) is 0 Å². The Balaban J connectivity index is 1.75. The molecule has 0 radical (unpaired) electrons. The molecule has 2 atom stereocenters. The van der Waals surface area contributed by atoms with Crippen LogP contribution in [-0.4, -0.2) is 35.2 Å². The van der Waals surface area contributed by atoms with Crippen LogP contribution in [-0.2, 0) is 4.74 Å². The van der Waals surface area contributed by atoms with Crippen LogP contribution in [0.25, 0.3) is 0 Å². The standard InChI is InChI=1S/C16H26N2OS2/c1-3-17-15(14-11-21-12(2)18-14)13-4-7-19-16(10-13)5-8-20-9-6-16/h11,13,15,17H,3-10H2,1-2H3. The summed E-state index contributed by atoms with van der Waals surface area (Å²) >= 11 is 3.84. The van der Waals surface area contributed by atoms with Gasteiger partial charge >= 0.3 is 0 Å². The molecule has 0 aromatic carbocycles. The summed E-state index contributed by atoms with van der Waals surface area (Å²) in [5.41, 5.74) is 1.40. The van der Waals surface area contributed by atoms with Crippen molar-refractivity contribution < 1.29 is 4.74 Å². The van der Waals surface area contributed by atoms with Crippen LogP contribution in [0.3, 0.4) is 0 Å². The Kier molecular flexibility index (Phi) is 5.25. The zero-order valence-electron chi connectivity index (χ0n) is 13.1. The summed E-state index contributed by atoms with van der Waals surface area (Å²) in [6.07, 6.45) is 4.80. The van der Waals surface area contributed by atoms with E-state index in [1.165, 1.54) is 41.5 Å². The Morgan fingerprint density at radius 2 is 2.29 bits per heavy atom. The largest absolute Gasteiger partial charge is 0.375 e. The molecule has 2 saturated heterocycles. The second-order valence-corrected chi connectivity index (χ2v) is 8.51. The molecule has 3 heterocycles. The summed E-state index contributed by atoms with van der Waals surface area (Å²) in [6, 6.07) is 0.398. The van der Waals surface area contributed by atoms with Crippen molar-refractivity contribution in [3.05, 3.63) is 16.1 Å². The van der Waals surface area contributed by atoms with Gasteiger partial charge in [-0.2, -0.15) is 11.8 Å². The number of ether oxygens (including phenoxy) is 1. The summed E-state index contributed by atoms with van der Waals surface area (Å²) in [6.45, 7) is 6.21. The topological polar surface area (TPSA) is 34.2 Å². The van der Waals surface area contributed by atoms with Crippen molar-refractivity contribution in [3.63, 3.8) is 0 Å². The van der Waals surface area contributed by atoms with E-state index in [0.29, 0.717) is 12.0 Å². The second kappa shape index (κ2) is 6.99. The Hall–Kier alpha value is -0.100. The lowest BCUT2D eigenvalue weighted by molar-refractivity contribution is -0.107. The van der Waals surface area contributed by atoms with Crippen LogP contribution in [0.1, 0.15) is 49.4 Å². The van der Waals surface area contributed by atoms with Gasteiger partial charge in [-0.05, 0) is 56.6 Å². The van der Waals surface area contributed by atoms with Gasteiger partial charge in [0.25, 0.3) is 0 Å². The molecule has 1 spiro atoms. The first-order valence-corrected chi connectivity index (χ1v) is 10.1. The first kappa shape index (κ1) is 15.8. The number of aryl methyl sites for hydroxylation is 1. The predicted molar refractivity (Wildman–Crippen MR) is 91.2 cm³/mol. The Morgan fingerprint density at radius 3 is 2.95 bits per heavy atom. The maximum Gasteiger partial charge on any atom is 0.0898 e. The minimum atomic E-state index is 0.160. The lowest BCUT2D eigenvalue weighted by Gasteiger charge is -2.45. The fraction of sp³-hybridized carbons (Fsp3) is 0.812. The van der Waals surface area contributed by atoms with Crippen molar-refractivity contribution >= 4 is 23.1 Å². The Bertz CT molecular complexity index is 451. The van der Waals surface area contributed by atoms with Crippen LogP contribution in [0.4, 0.5) is 0 Å². The summed E-state index contributed by atoms with van der Waals surface area (Å²) < 4.78 is 6.25. The van der Waals surface area contributed by atoms with Crippen LogP contribution >= 0.6 is 23.1 Å². The van der Waals surface area contributed by atoms with Gasteiger partial charge < -0.3 is 10.1 Å². The van der Waals surface area contributed by atoms with E-state index in [1.54, 1.807) is 11.3 Å². The number of hydrogen-bond donors (Lipinski definition) is 1. The average molecular weight is 327 g/mol. The molecule has 3 rings (SSSR count). The number of hydrogen-bond acceptors (Lipinski definition) is 5. The highest BCUT2D eigenvalue weighted by Gasteiger charge is 2.41. The molecule has 2 aliphatic heterocycles. The van der Waals surface area contributed by atoms with Gasteiger partial charge in [-0.3, -0.25) is 0 Å². The van der Waals surface area contributed by atoms with Crippen molar-refractivity contribution in [1.29, 1.82) is 0 Å². The van der Waals surface area contributed by atoms with Crippen LogP contribution in [0.15, 0.2) is 5.38 Å². The Labute approximate surface area is 136 Å². The zero-order valence-corrected chi connectivity index (χ0v) is 14.7. The molecule has 5 heteroatoms. The highest BCUT2D eigenvalue weighted by Crippen LogP contribution is 2.43. The van der Waals surface area contributed by atoms with E-state index < -0.39 is 0 Å². The number of nitrogens with zero attached hydrogens (tertiary/aromatic N) is 1. The van der Waals surface area contributed by atoms with Gasteiger partial charge in [0.15, 0.2) is 0 Å². The lowest BCUT2D eigenvalue weighted by Crippen LogP contribution is -2.45. The second-order valence-electron chi connectivity index (χ2n) is 6.22. The normalized spacial score (nSPS) is 26.9. The molecule has 1 N–H and O–H groups in total. The van der Waals surface area contributed by atoms with Crippen LogP contribution in [0, 0.1) is 12.8 Å². The van der Waals surface area contributed by atoms with E-state index in [-0.39, 0.29) is 5.60 Å². The van der Waals surface area contributed by atoms with Crippen molar-refractivity contribution in [2.75, 3.05) is 24.7 Å². The lowest BCUT2D eigenvalue weighted by atomic mass is 9.78. The van der Waals surface area contributed by atoms with E-state index in [0.717, 1.165) is 19.6 Å². The van der Waals surface area contributed by atoms with E-state index in [1.807, 2.05) is 0 Å². The molecule has 1 aromatic rings. The Morgan fingerprint density at radius 1 is 1.48 bits per heavy atom. The van der Waals surface area contributed by atoms with Gasteiger partial charge in [0.05, 0.1) is 22.3 Å². The highest BCUT2D eigenvalue weighted by atomic mass is 32.2. The minimum absolute atomic E-state index is 0.160. The van der Waals surface area contributed by atoms with Crippen LogP contribution < -0.4 is 5.32 Å². The van der Waals surface area contributed by atoms with Gasteiger partial charge in [-0.15, -0.1) is 11.3 Å². The van der Waals surface area contributed by atoms with E-state index in [4.69, 9.17) is 9.72 Å². The fourth-order valence-corrected chi connectivity index (χ4v) is 5.58. The maximum absolute atomic E-state index is 6.25. The molecule has 0 bridgehead atoms. The zero-order chi connectivity index (χ0) is 14.7. The molecule has 1 aromatic heterocycles. The number of nitrogens with one attached hydrogen (secondary N) is 1. The monoisotopic (exact) mass is 326 g/mol. The summed E-state index contributed by atoms with van der Waals surface area (Å²) in [5, 5.41) is 7.10. The fourth-order valence-electron chi connectivity index (χ4n) is 3.70. The molecule has 3 nitrogen and oxygen atoms in total. The molecule has 2 aliphatic rings. The van der Waals surface area contributed by atoms with Crippen molar-refractivity contribution in [2.24, 2.45) is 5.92 Å². The van der Waals surface area contributed by atoms with Crippen molar-refractivity contribution in [2.45, 2.75) is 51.2 Å². The SMILES string of the molecule is CCNC(c1csc(C)n1)C1CCOC2(CCSCC2)C1. The van der Waals surface area contributed by atoms with Crippen LogP contribution in [0.5, 0.6) is 0 Å². The number of aromatic nitrogens is 1. The van der Waals surface area contributed by atoms with Crippen molar-refractivity contribution in [1.82, 2.24) is 10.3 Å². The van der Waals surface area contributed by atoms with Gasteiger partial charge in [0.2, 0.25) is 0 Å². The summed E-state index contributed by atoms with van der Waals surface area (Å²) in [5.74, 6) is 3.17. The highest BCUT2D eigenvalue weighted by molar-refractivity contribution is 7.99. The molecule has 21 heavy (non-hydrogen) atoms. The van der Waals surface area contributed by atoms with Crippen LogP contribution in [0.2, 0.25) is 0 Å². The van der Waals surface area contributed by atoms with E-state index >= 15 is 0 Å². The molecule has 118 valence electrons. The van der Waals surface area contributed by atoms with Crippen molar-refractivity contribution in [3.8, 4) is 0 Å². The number of rotatable bonds is 4. The summed E-state index contributed by atoms with van der Waals surface area (Å²) in [7, 11) is 0. The maximum atomic E-state index is 6.25. The smallest absolute Gasteiger partial charge is 0.0898 e. The molecule has 0 amide bonds. The third-order valence-electron chi connectivity index (χ3n) is 4.79. The first-order valence-electron chi connectivity index (χ1n) is 8.09. The van der Waals surface area contributed by atoms with E-state index in [2.05, 4.69) is 36.3 Å². The van der Waals surface area contributed by atoms with Gasteiger partial charge in [-0.25, -0.2) is 4.98 Å². The predicted octanol–water partition coefficient (Wildman–Crippen LogP) is 3.79. The number of thioether (sulfide) groups is 1. The molecule has 0 aliphatic carbocycles. The third kappa shape index (κ3) is 3.63. The van der Waals surface area contributed by atoms with Gasteiger partial charge in [0, 0.05) is 12.0 Å². The number of thiazole rings is 1. The summed E-state index contributed by atoms with van der Waals surface area (Å²) in [4.78, 5) is 4.75. The molecular formula is C16H26N2OS2. The molecular weight excluding hydrogens is 300 g/mol. The third-order valence-corrected chi connectivity index (χ3v) is 6.56. The first-order chi connectivity index (χ1) is 10.2. The average Bonchev–Trinajstić information content (AvgIpc) is 2.92. The molecule has 0 saturated carbocycles. The quantitative estimate of drug-likeness (QED) is 0.913. The molecule has 2 unspecified atom stereocenters. The van der Waals surface area contributed by atoms with E-state index in [9.17, 15) is 0 Å². The van der Waals surface area contributed by atoms with Gasteiger partial charge in [-0.1, -0.05) is 6.92 Å². The molecule has 2 fully saturated rings.